The standard InChI is InChI=1S/C34H32O7/c1-3-32(35)39-22-8-7-21-38-29-17-15-28(16-18-29)33(36)40-30-19-20-31(24(2)23-30)41-34(37)27-13-11-26(12-14-27)25-9-5-4-6-10-25/h3-6,9-17,19-20,23,29H,1,7-8,18,21-22H2,2H3. The number of hydrogen-bond acceptors (Lipinski definition) is 7. The molecule has 0 aliphatic heterocycles. The maximum Gasteiger partial charge on any atom is 0.343 e. The fourth-order valence-corrected chi connectivity index (χ4v) is 4.10. The summed E-state index contributed by atoms with van der Waals surface area (Å²) in [4.78, 5) is 36.4. The predicted molar refractivity (Wildman–Crippen MR) is 156 cm³/mol. The Morgan fingerprint density at radius 3 is 2.29 bits per heavy atom. The highest BCUT2D eigenvalue weighted by Crippen LogP contribution is 2.26. The van der Waals surface area contributed by atoms with E-state index in [4.69, 9.17) is 18.9 Å². The number of hydrogen-bond donors (Lipinski definition) is 0. The van der Waals surface area contributed by atoms with Crippen molar-refractivity contribution in [2.45, 2.75) is 32.3 Å². The molecule has 0 aromatic heterocycles. The van der Waals surface area contributed by atoms with Gasteiger partial charge in [-0.25, -0.2) is 14.4 Å². The Bertz CT molecular complexity index is 1440. The lowest BCUT2D eigenvalue weighted by Crippen LogP contribution is -2.17. The molecule has 0 amide bonds. The first-order chi connectivity index (χ1) is 19.9. The summed E-state index contributed by atoms with van der Waals surface area (Å²) < 4.78 is 21.9. The molecule has 0 heterocycles. The fraction of sp³-hybridized carbons (Fsp3) is 0.206. The van der Waals surface area contributed by atoms with Gasteiger partial charge in [-0.05, 0) is 79.3 Å². The summed E-state index contributed by atoms with van der Waals surface area (Å²) in [6.45, 7) is 5.98. The van der Waals surface area contributed by atoms with Gasteiger partial charge in [0.15, 0.2) is 0 Å². The third-order valence-corrected chi connectivity index (χ3v) is 6.37. The lowest BCUT2D eigenvalue weighted by Gasteiger charge is -2.17. The van der Waals surface area contributed by atoms with E-state index < -0.39 is 17.9 Å². The highest BCUT2D eigenvalue weighted by Gasteiger charge is 2.17. The van der Waals surface area contributed by atoms with Gasteiger partial charge in [0, 0.05) is 12.7 Å². The number of esters is 3. The van der Waals surface area contributed by atoms with E-state index in [2.05, 4.69) is 6.58 Å². The summed E-state index contributed by atoms with van der Waals surface area (Å²) in [7, 11) is 0. The van der Waals surface area contributed by atoms with E-state index in [9.17, 15) is 14.4 Å². The molecule has 0 fully saturated rings. The van der Waals surface area contributed by atoms with Crippen molar-refractivity contribution in [2.75, 3.05) is 13.2 Å². The molecular formula is C34H32O7. The van der Waals surface area contributed by atoms with E-state index in [1.54, 1.807) is 49.4 Å². The van der Waals surface area contributed by atoms with Gasteiger partial charge in [-0.15, -0.1) is 0 Å². The smallest absolute Gasteiger partial charge is 0.343 e. The molecule has 210 valence electrons. The Kier molecular flexibility index (Phi) is 10.4. The van der Waals surface area contributed by atoms with Crippen LogP contribution in [0.25, 0.3) is 11.1 Å². The summed E-state index contributed by atoms with van der Waals surface area (Å²) in [5, 5.41) is 0. The van der Waals surface area contributed by atoms with Crippen LogP contribution < -0.4 is 9.47 Å². The molecule has 4 rings (SSSR count). The number of carbonyl (C=O) groups excluding carboxylic acids is 3. The van der Waals surface area contributed by atoms with Crippen molar-refractivity contribution in [3.05, 3.63) is 120 Å². The lowest BCUT2D eigenvalue weighted by atomic mass is 10.0. The second kappa shape index (κ2) is 14.6. The van der Waals surface area contributed by atoms with Gasteiger partial charge in [0.2, 0.25) is 0 Å². The monoisotopic (exact) mass is 552 g/mol. The molecule has 0 spiro atoms. The van der Waals surface area contributed by atoms with Crippen molar-refractivity contribution in [1.29, 1.82) is 0 Å². The van der Waals surface area contributed by atoms with Crippen LogP contribution in [0.2, 0.25) is 0 Å². The number of carbonyl (C=O) groups is 3. The van der Waals surface area contributed by atoms with Crippen LogP contribution >= 0.6 is 0 Å². The zero-order valence-corrected chi connectivity index (χ0v) is 22.9. The van der Waals surface area contributed by atoms with Crippen LogP contribution in [0, 0.1) is 6.92 Å². The summed E-state index contributed by atoms with van der Waals surface area (Å²) >= 11 is 0. The summed E-state index contributed by atoms with van der Waals surface area (Å²) in [5.74, 6) is -0.641. The molecule has 3 aromatic rings. The van der Waals surface area contributed by atoms with Gasteiger partial charge in [-0.3, -0.25) is 0 Å². The second-order valence-electron chi connectivity index (χ2n) is 9.39. The molecule has 0 bridgehead atoms. The highest BCUT2D eigenvalue weighted by molar-refractivity contribution is 5.94. The summed E-state index contributed by atoms with van der Waals surface area (Å²) in [5.41, 5.74) is 3.61. The molecule has 0 saturated heterocycles. The zero-order chi connectivity index (χ0) is 29.0. The van der Waals surface area contributed by atoms with Crippen LogP contribution in [0.15, 0.2) is 109 Å². The van der Waals surface area contributed by atoms with E-state index in [0.29, 0.717) is 54.3 Å². The molecule has 1 unspecified atom stereocenters. The van der Waals surface area contributed by atoms with Gasteiger partial charge in [0.05, 0.1) is 23.8 Å². The van der Waals surface area contributed by atoms with Gasteiger partial charge < -0.3 is 18.9 Å². The zero-order valence-electron chi connectivity index (χ0n) is 22.9. The molecule has 0 N–H and O–H groups in total. The fourth-order valence-electron chi connectivity index (χ4n) is 4.10. The van der Waals surface area contributed by atoms with Gasteiger partial charge >= 0.3 is 17.9 Å². The van der Waals surface area contributed by atoms with Crippen LogP contribution in [0.4, 0.5) is 0 Å². The molecule has 1 atom stereocenters. The number of aryl methyl sites for hydroxylation is 1. The molecule has 41 heavy (non-hydrogen) atoms. The maximum atomic E-state index is 12.7. The molecule has 0 radical (unpaired) electrons. The van der Waals surface area contributed by atoms with Gasteiger partial charge in [0.1, 0.15) is 11.5 Å². The average Bonchev–Trinajstić information content (AvgIpc) is 3.00. The molecule has 0 saturated carbocycles. The Hall–Kier alpha value is -4.75. The third kappa shape index (κ3) is 8.62. The number of ether oxygens (including phenoxy) is 4. The summed E-state index contributed by atoms with van der Waals surface area (Å²) in [6, 6.07) is 22.0. The largest absolute Gasteiger partial charge is 0.463 e. The predicted octanol–water partition coefficient (Wildman–Crippen LogP) is 6.57. The average molecular weight is 553 g/mol. The first-order valence-electron chi connectivity index (χ1n) is 13.4. The lowest BCUT2D eigenvalue weighted by molar-refractivity contribution is -0.138. The Labute approximate surface area is 239 Å². The van der Waals surface area contributed by atoms with Crippen molar-refractivity contribution >= 4 is 17.9 Å². The van der Waals surface area contributed by atoms with Crippen LogP contribution in [-0.4, -0.2) is 37.2 Å². The van der Waals surface area contributed by atoms with Crippen molar-refractivity contribution in [2.24, 2.45) is 0 Å². The minimum absolute atomic E-state index is 0.131. The minimum atomic E-state index is -0.480. The van der Waals surface area contributed by atoms with Crippen LogP contribution in [0.1, 0.15) is 35.2 Å². The normalized spacial score (nSPS) is 14.1. The number of rotatable bonds is 12. The van der Waals surface area contributed by atoms with Gasteiger partial charge in [0.25, 0.3) is 0 Å². The molecule has 1 aliphatic rings. The molecule has 7 nitrogen and oxygen atoms in total. The second-order valence-corrected chi connectivity index (χ2v) is 9.39. The van der Waals surface area contributed by atoms with E-state index in [1.165, 1.54) is 0 Å². The molecule has 7 heteroatoms. The van der Waals surface area contributed by atoms with E-state index in [-0.39, 0.29) is 6.10 Å². The van der Waals surface area contributed by atoms with Crippen LogP contribution in [-0.2, 0) is 19.1 Å². The Balaban J connectivity index is 1.23. The van der Waals surface area contributed by atoms with Crippen molar-refractivity contribution < 1.29 is 33.3 Å². The van der Waals surface area contributed by atoms with Gasteiger partial charge in [-0.2, -0.15) is 0 Å². The quantitative estimate of drug-likeness (QED) is 0.109. The number of benzene rings is 3. The highest BCUT2D eigenvalue weighted by atomic mass is 16.5. The van der Waals surface area contributed by atoms with E-state index >= 15 is 0 Å². The van der Waals surface area contributed by atoms with Gasteiger partial charge in [-0.1, -0.05) is 61.2 Å². The van der Waals surface area contributed by atoms with E-state index in [1.807, 2.05) is 48.5 Å². The molecule has 3 aromatic carbocycles. The maximum absolute atomic E-state index is 12.7. The Morgan fingerprint density at radius 2 is 1.61 bits per heavy atom. The van der Waals surface area contributed by atoms with Crippen molar-refractivity contribution in [1.82, 2.24) is 0 Å². The summed E-state index contributed by atoms with van der Waals surface area (Å²) in [6.07, 6.45) is 8.30. The molecule has 1 aliphatic carbocycles. The minimum Gasteiger partial charge on any atom is -0.463 e. The third-order valence-electron chi connectivity index (χ3n) is 6.37. The first kappa shape index (κ1) is 29.2. The number of unbranched alkanes of at least 4 members (excludes halogenated alkanes) is 1. The van der Waals surface area contributed by atoms with Crippen molar-refractivity contribution in [3.63, 3.8) is 0 Å². The van der Waals surface area contributed by atoms with Crippen molar-refractivity contribution in [3.8, 4) is 22.6 Å². The van der Waals surface area contributed by atoms with Crippen LogP contribution in [0.5, 0.6) is 11.5 Å². The topological polar surface area (TPSA) is 88.1 Å². The van der Waals surface area contributed by atoms with Crippen LogP contribution in [0.3, 0.4) is 0 Å². The van der Waals surface area contributed by atoms with E-state index in [0.717, 1.165) is 23.6 Å². The Morgan fingerprint density at radius 1 is 0.878 bits per heavy atom. The molecular weight excluding hydrogens is 520 g/mol. The SMILES string of the molecule is C=CC(=O)OCCCCOC1C=CC(C(=O)Oc2ccc(OC(=O)c3ccc(-c4ccccc4)cc3)c(C)c2)=CC1. The first-order valence-corrected chi connectivity index (χ1v) is 13.4.